The molecule has 0 radical (unpaired) electrons. The lowest BCUT2D eigenvalue weighted by molar-refractivity contribution is -0.137. The summed E-state index contributed by atoms with van der Waals surface area (Å²) in [5.41, 5.74) is 5.35. The molecule has 1 aliphatic rings. The number of likely N-dealkylation sites (tertiary alicyclic amines) is 1. The molecule has 1 atom stereocenters. The molecular formula is C29H31N3O4. The number of nitrogens with zero attached hydrogens (tertiary/aromatic N) is 1. The molecule has 3 N–H and O–H groups in total. The van der Waals surface area contributed by atoms with Crippen molar-refractivity contribution in [3.05, 3.63) is 95.1 Å². The molecule has 36 heavy (non-hydrogen) atoms. The third kappa shape index (κ3) is 6.50. The number of hydrogen-bond acceptors (Lipinski definition) is 3. The number of urea groups is 1. The number of carbonyl (C=O) groups is 3. The van der Waals surface area contributed by atoms with E-state index in [-0.39, 0.29) is 24.3 Å². The number of nitrogens with one attached hydrogen (secondary N) is 2. The number of aliphatic carboxylic acids is 1. The van der Waals surface area contributed by atoms with Crippen LogP contribution in [0.3, 0.4) is 0 Å². The van der Waals surface area contributed by atoms with Gasteiger partial charge in [-0.05, 0) is 66.6 Å². The Kier molecular flexibility index (Phi) is 8.00. The van der Waals surface area contributed by atoms with E-state index in [9.17, 15) is 14.4 Å². The predicted molar refractivity (Wildman–Crippen MR) is 140 cm³/mol. The monoisotopic (exact) mass is 485 g/mol. The van der Waals surface area contributed by atoms with Gasteiger partial charge in [-0.1, -0.05) is 54.6 Å². The maximum Gasteiger partial charge on any atom is 0.323 e. The third-order valence-corrected chi connectivity index (χ3v) is 6.52. The van der Waals surface area contributed by atoms with Crippen LogP contribution in [0.25, 0.3) is 0 Å². The molecule has 7 nitrogen and oxygen atoms in total. The molecule has 1 aliphatic heterocycles. The lowest BCUT2D eigenvalue weighted by atomic mass is 9.89. The number of rotatable bonds is 8. The molecule has 0 spiro atoms. The van der Waals surface area contributed by atoms with Crippen molar-refractivity contribution in [2.24, 2.45) is 0 Å². The number of benzene rings is 3. The Labute approximate surface area is 211 Å². The highest BCUT2D eigenvalue weighted by atomic mass is 16.4. The van der Waals surface area contributed by atoms with Crippen LogP contribution in [-0.2, 0) is 22.6 Å². The van der Waals surface area contributed by atoms with Gasteiger partial charge in [-0.2, -0.15) is 0 Å². The minimum absolute atomic E-state index is 0.106. The van der Waals surface area contributed by atoms with E-state index >= 15 is 0 Å². The van der Waals surface area contributed by atoms with Crippen molar-refractivity contribution in [2.45, 2.75) is 45.1 Å². The number of carboxylic acid groups (broad SMARTS) is 1. The largest absolute Gasteiger partial charge is 0.481 e. The molecule has 7 heteroatoms. The van der Waals surface area contributed by atoms with Crippen molar-refractivity contribution >= 4 is 29.3 Å². The molecule has 3 aromatic carbocycles. The van der Waals surface area contributed by atoms with E-state index in [1.165, 1.54) is 0 Å². The molecule has 0 aromatic heterocycles. The van der Waals surface area contributed by atoms with Gasteiger partial charge in [-0.15, -0.1) is 0 Å². The number of amides is 3. The van der Waals surface area contributed by atoms with Crippen LogP contribution < -0.4 is 10.6 Å². The molecule has 1 heterocycles. The highest BCUT2D eigenvalue weighted by Crippen LogP contribution is 2.30. The summed E-state index contributed by atoms with van der Waals surface area (Å²) in [5.74, 6) is -0.906. The van der Waals surface area contributed by atoms with Gasteiger partial charge < -0.3 is 20.6 Å². The van der Waals surface area contributed by atoms with E-state index in [0.29, 0.717) is 18.7 Å². The maximum atomic E-state index is 13.3. The summed E-state index contributed by atoms with van der Waals surface area (Å²) in [6.07, 6.45) is 2.33. The van der Waals surface area contributed by atoms with Crippen LogP contribution in [0, 0.1) is 6.92 Å². The van der Waals surface area contributed by atoms with Gasteiger partial charge in [0, 0.05) is 30.9 Å². The van der Waals surface area contributed by atoms with Crippen molar-refractivity contribution in [3.63, 3.8) is 0 Å². The summed E-state index contributed by atoms with van der Waals surface area (Å²) >= 11 is 0. The number of carboxylic acids is 1. The number of carbonyl (C=O) groups excluding carboxylic acids is 2. The summed E-state index contributed by atoms with van der Waals surface area (Å²) in [6.45, 7) is 3.19. The van der Waals surface area contributed by atoms with Gasteiger partial charge in [0.2, 0.25) is 5.91 Å². The molecule has 1 saturated heterocycles. The van der Waals surface area contributed by atoms with Crippen molar-refractivity contribution in [1.82, 2.24) is 4.90 Å². The van der Waals surface area contributed by atoms with E-state index in [1.807, 2.05) is 84.6 Å². The van der Waals surface area contributed by atoms with Crippen LogP contribution in [0.15, 0.2) is 72.8 Å². The van der Waals surface area contributed by atoms with Crippen LogP contribution in [0.2, 0.25) is 0 Å². The minimum Gasteiger partial charge on any atom is -0.481 e. The first-order valence-corrected chi connectivity index (χ1v) is 12.2. The zero-order chi connectivity index (χ0) is 25.5. The molecule has 3 amide bonds. The standard InChI is InChI=1S/C29H31N3O4/c1-20-5-2-3-7-26(20)31-29(36)30-24-15-13-23(14-16-24)25-6-4-18-32(28(25)35)19-22-10-8-21(9-11-22)12-17-27(33)34/h2-3,5,7-11,13-16,25H,4,6,12,17-19H2,1H3,(H,33,34)(H2,30,31,36). The topological polar surface area (TPSA) is 98.7 Å². The molecule has 1 fully saturated rings. The maximum absolute atomic E-state index is 13.3. The fraction of sp³-hybridized carbons (Fsp3) is 0.276. The Morgan fingerprint density at radius 2 is 1.64 bits per heavy atom. The van der Waals surface area contributed by atoms with Gasteiger partial charge in [0.15, 0.2) is 0 Å². The van der Waals surface area contributed by atoms with E-state index in [1.54, 1.807) is 0 Å². The Morgan fingerprint density at radius 1 is 0.944 bits per heavy atom. The molecular weight excluding hydrogens is 454 g/mol. The van der Waals surface area contributed by atoms with E-state index < -0.39 is 5.97 Å². The second-order valence-corrected chi connectivity index (χ2v) is 9.18. The fourth-order valence-electron chi connectivity index (χ4n) is 4.49. The fourth-order valence-corrected chi connectivity index (χ4v) is 4.49. The van der Waals surface area contributed by atoms with Crippen LogP contribution in [-0.4, -0.2) is 34.5 Å². The molecule has 186 valence electrons. The van der Waals surface area contributed by atoms with Crippen LogP contribution in [0.1, 0.15) is 47.4 Å². The first-order chi connectivity index (χ1) is 17.4. The minimum atomic E-state index is -0.807. The Balaban J connectivity index is 1.34. The van der Waals surface area contributed by atoms with Crippen LogP contribution in [0.5, 0.6) is 0 Å². The summed E-state index contributed by atoms with van der Waals surface area (Å²) in [6, 6.07) is 22.6. The van der Waals surface area contributed by atoms with E-state index in [2.05, 4.69) is 10.6 Å². The smallest absolute Gasteiger partial charge is 0.323 e. The lowest BCUT2D eigenvalue weighted by Crippen LogP contribution is -2.39. The van der Waals surface area contributed by atoms with Crippen molar-refractivity contribution in [3.8, 4) is 0 Å². The highest BCUT2D eigenvalue weighted by Gasteiger charge is 2.29. The SMILES string of the molecule is Cc1ccccc1NC(=O)Nc1ccc(C2CCCN(Cc3ccc(CCC(=O)O)cc3)C2=O)cc1. The van der Waals surface area contributed by atoms with E-state index in [4.69, 9.17) is 5.11 Å². The second kappa shape index (κ2) is 11.5. The molecule has 4 rings (SSSR count). The summed E-state index contributed by atoms with van der Waals surface area (Å²) in [4.78, 5) is 38.3. The average Bonchev–Trinajstić information content (AvgIpc) is 2.87. The molecule has 1 unspecified atom stereocenters. The molecule has 3 aromatic rings. The predicted octanol–water partition coefficient (Wildman–Crippen LogP) is 5.56. The number of anilines is 2. The van der Waals surface area contributed by atoms with Crippen molar-refractivity contribution in [1.29, 1.82) is 0 Å². The molecule has 0 aliphatic carbocycles. The van der Waals surface area contributed by atoms with Crippen molar-refractivity contribution < 1.29 is 19.5 Å². The van der Waals surface area contributed by atoms with E-state index in [0.717, 1.165) is 47.3 Å². The van der Waals surface area contributed by atoms with Crippen LogP contribution >= 0.6 is 0 Å². The Bertz CT molecular complexity index is 1220. The van der Waals surface area contributed by atoms with Gasteiger partial charge >= 0.3 is 12.0 Å². The molecule has 0 bridgehead atoms. The first-order valence-electron chi connectivity index (χ1n) is 12.2. The Morgan fingerprint density at radius 3 is 2.33 bits per heavy atom. The molecule has 0 saturated carbocycles. The lowest BCUT2D eigenvalue weighted by Gasteiger charge is -2.32. The zero-order valence-corrected chi connectivity index (χ0v) is 20.4. The highest BCUT2D eigenvalue weighted by molar-refractivity contribution is 6.00. The number of aryl methyl sites for hydroxylation is 2. The number of piperidine rings is 1. The number of hydrogen-bond donors (Lipinski definition) is 3. The third-order valence-electron chi connectivity index (χ3n) is 6.52. The quantitative estimate of drug-likeness (QED) is 0.389. The van der Waals surface area contributed by atoms with Gasteiger partial charge in [-0.25, -0.2) is 4.79 Å². The average molecular weight is 486 g/mol. The normalized spacial score (nSPS) is 15.4. The first kappa shape index (κ1) is 25.0. The summed E-state index contributed by atoms with van der Waals surface area (Å²) in [7, 11) is 0. The van der Waals surface area contributed by atoms with Gasteiger partial charge in [0.25, 0.3) is 0 Å². The van der Waals surface area contributed by atoms with Gasteiger partial charge in [0.05, 0.1) is 5.92 Å². The number of para-hydroxylation sites is 1. The van der Waals surface area contributed by atoms with Gasteiger partial charge in [0.1, 0.15) is 0 Å². The van der Waals surface area contributed by atoms with Gasteiger partial charge in [-0.3, -0.25) is 9.59 Å². The summed E-state index contributed by atoms with van der Waals surface area (Å²) in [5, 5.41) is 14.5. The second-order valence-electron chi connectivity index (χ2n) is 9.18. The Hall–Kier alpha value is -4.13. The van der Waals surface area contributed by atoms with Crippen molar-refractivity contribution in [2.75, 3.05) is 17.2 Å². The van der Waals surface area contributed by atoms with Crippen LogP contribution in [0.4, 0.5) is 16.2 Å². The summed E-state index contributed by atoms with van der Waals surface area (Å²) < 4.78 is 0. The zero-order valence-electron chi connectivity index (χ0n) is 20.4.